The van der Waals surface area contributed by atoms with Crippen LogP contribution < -0.4 is 4.74 Å². The van der Waals surface area contributed by atoms with Gasteiger partial charge in [-0.05, 0) is 35.9 Å². The number of halogens is 2. The fourth-order valence-corrected chi connectivity index (χ4v) is 3.59. The van der Waals surface area contributed by atoms with Crippen molar-refractivity contribution in [2.75, 3.05) is 5.75 Å². The van der Waals surface area contributed by atoms with Crippen molar-refractivity contribution in [2.24, 2.45) is 0 Å². The summed E-state index contributed by atoms with van der Waals surface area (Å²) in [6, 6.07) is 12.2. The van der Waals surface area contributed by atoms with Crippen LogP contribution in [0.25, 0.3) is 0 Å². The number of fused-ring (bicyclic) bond motifs is 1. The van der Waals surface area contributed by atoms with Crippen LogP contribution in [-0.4, -0.2) is 17.6 Å². The van der Waals surface area contributed by atoms with E-state index in [-0.39, 0.29) is 18.0 Å². The van der Waals surface area contributed by atoms with Gasteiger partial charge in [-0.15, -0.1) is 11.8 Å². The van der Waals surface area contributed by atoms with E-state index in [0.29, 0.717) is 11.3 Å². The second-order valence-electron chi connectivity index (χ2n) is 4.74. The average molecular weight is 367 g/mol. The molecule has 5 heteroatoms. The van der Waals surface area contributed by atoms with Gasteiger partial charge in [-0.25, -0.2) is 4.39 Å². The van der Waals surface area contributed by atoms with Gasteiger partial charge < -0.3 is 4.74 Å². The molecule has 3 rings (SSSR count). The minimum atomic E-state index is -0.525. The van der Waals surface area contributed by atoms with Gasteiger partial charge in [0.15, 0.2) is 11.9 Å². The number of Topliss-reactive ketones (excluding diaryl/α,β-unsaturated/α-hetero) is 1. The van der Waals surface area contributed by atoms with E-state index < -0.39 is 6.10 Å². The fraction of sp³-hybridized carbons (Fsp3) is 0.188. The molecule has 0 radical (unpaired) electrons. The van der Waals surface area contributed by atoms with E-state index in [9.17, 15) is 9.18 Å². The summed E-state index contributed by atoms with van der Waals surface area (Å²) in [4.78, 5) is 13.4. The molecule has 0 saturated carbocycles. The first kappa shape index (κ1) is 14.6. The van der Waals surface area contributed by atoms with Crippen LogP contribution in [0.5, 0.6) is 5.75 Å². The summed E-state index contributed by atoms with van der Waals surface area (Å²) in [5.41, 5.74) is 0.391. The van der Waals surface area contributed by atoms with Gasteiger partial charge >= 0.3 is 0 Å². The lowest BCUT2D eigenvalue weighted by Crippen LogP contribution is -2.33. The molecule has 0 saturated heterocycles. The second-order valence-corrected chi connectivity index (χ2v) is 6.72. The number of benzene rings is 2. The highest BCUT2D eigenvalue weighted by molar-refractivity contribution is 9.10. The number of rotatable bonds is 3. The third-order valence-corrected chi connectivity index (χ3v) is 4.85. The number of carbonyl (C=O) groups is 1. The second kappa shape index (κ2) is 6.20. The number of thioether (sulfide) groups is 1. The fourth-order valence-electron chi connectivity index (χ4n) is 2.16. The summed E-state index contributed by atoms with van der Waals surface area (Å²) in [5, 5.41) is 0. The molecular formula is C16H12BrFO2S. The van der Waals surface area contributed by atoms with Gasteiger partial charge in [0.1, 0.15) is 11.6 Å². The molecule has 0 aromatic heterocycles. The number of hydrogen-bond acceptors (Lipinski definition) is 3. The van der Waals surface area contributed by atoms with Gasteiger partial charge in [0, 0.05) is 21.5 Å². The molecule has 0 fully saturated rings. The van der Waals surface area contributed by atoms with Crippen molar-refractivity contribution in [3.63, 3.8) is 0 Å². The molecule has 21 heavy (non-hydrogen) atoms. The Hall–Kier alpha value is -1.33. The smallest absolute Gasteiger partial charge is 0.178 e. The number of hydrogen-bond donors (Lipinski definition) is 0. The minimum absolute atomic E-state index is 0.0403. The van der Waals surface area contributed by atoms with Crippen LogP contribution >= 0.6 is 27.7 Å². The first-order valence-electron chi connectivity index (χ1n) is 6.48. The Morgan fingerprint density at radius 1 is 1.33 bits per heavy atom. The number of ether oxygens (including phenoxy) is 1. The molecule has 108 valence electrons. The van der Waals surface area contributed by atoms with E-state index in [1.807, 2.05) is 24.3 Å². The van der Waals surface area contributed by atoms with Crippen LogP contribution in [0, 0.1) is 5.82 Å². The van der Waals surface area contributed by atoms with Gasteiger partial charge in [-0.2, -0.15) is 0 Å². The molecule has 1 heterocycles. The van der Waals surface area contributed by atoms with Crippen molar-refractivity contribution >= 4 is 33.5 Å². The standard InChI is InChI=1S/C16H12BrFO2S/c17-11-5-6-12(18)10(7-11)8-13(19)15-9-21-16-4-2-1-3-14(16)20-15/h1-7,15H,8-9H2. The Labute approximate surface area is 134 Å². The van der Waals surface area contributed by atoms with Crippen LogP contribution in [0.3, 0.4) is 0 Å². The highest BCUT2D eigenvalue weighted by Gasteiger charge is 2.26. The molecule has 0 bridgehead atoms. The van der Waals surface area contributed by atoms with E-state index in [2.05, 4.69) is 15.9 Å². The summed E-state index contributed by atoms with van der Waals surface area (Å²) in [6.45, 7) is 0. The highest BCUT2D eigenvalue weighted by atomic mass is 79.9. The Bertz CT molecular complexity index is 690. The van der Waals surface area contributed by atoms with Gasteiger partial charge in [-0.1, -0.05) is 28.1 Å². The van der Waals surface area contributed by atoms with Gasteiger partial charge in [0.25, 0.3) is 0 Å². The molecule has 2 aromatic rings. The molecule has 1 atom stereocenters. The maximum atomic E-state index is 13.7. The van der Waals surface area contributed by atoms with Gasteiger partial charge in [0.2, 0.25) is 0 Å². The zero-order valence-corrected chi connectivity index (χ0v) is 13.4. The van der Waals surface area contributed by atoms with Gasteiger partial charge in [0.05, 0.1) is 0 Å². The third-order valence-electron chi connectivity index (χ3n) is 3.24. The Morgan fingerprint density at radius 2 is 2.14 bits per heavy atom. The zero-order valence-electron chi connectivity index (χ0n) is 11.0. The Kier molecular flexibility index (Phi) is 4.31. The molecule has 0 N–H and O–H groups in total. The average Bonchev–Trinajstić information content (AvgIpc) is 2.50. The zero-order chi connectivity index (χ0) is 14.8. The number of ketones is 1. The lowest BCUT2D eigenvalue weighted by atomic mass is 10.1. The molecule has 1 aliphatic heterocycles. The highest BCUT2D eigenvalue weighted by Crippen LogP contribution is 2.35. The van der Waals surface area contributed by atoms with Gasteiger partial charge in [-0.3, -0.25) is 4.79 Å². The molecular weight excluding hydrogens is 355 g/mol. The minimum Gasteiger partial charge on any atom is -0.481 e. The lowest BCUT2D eigenvalue weighted by molar-refractivity contribution is -0.124. The summed E-state index contributed by atoms with van der Waals surface area (Å²) >= 11 is 4.88. The van der Waals surface area contributed by atoms with Crippen LogP contribution in [0.4, 0.5) is 4.39 Å². The molecule has 2 aromatic carbocycles. The normalized spacial score (nSPS) is 17.0. The monoisotopic (exact) mass is 366 g/mol. The molecule has 0 amide bonds. The number of carbonyl (C=O) groups excluding carboxylic acids is 1. The molecule has 1 aliphatic rings. The summed E-state index contributed by atoms with van der Waals surface area (Å²) in [7, 11) is 0. The SMILES string of the molecule is O=C(Cc1cc(Br)ccc1F)C1CSc2ccccc2O1. The molecule has 1 unspecified atom stereocenters. The van der Waals surface area contributed by atoms with Crippen molar-refractivity contribution in [1.82, 2.24) is 0 Å². The first-order valence-corrected chi connectivity index (χ1v) is 8.26. The quantitative estimate of drug-likeness (QED) is 0.811. The molecule has 0 aliphatic carbocycles. The van der Waals surface area contributed by atoms with Crippen molar-refractivity contribution in [3.05, 3.63) is 58.3 Å². The van der Waals surface area contributed by atoms with Crippen LogP contribution in [-0.2, 0) is 11.2 Å². The summed E-state index contributed by atoms with van der Waals surface area (Å²) in [5.74, 6) is 0.817. The van der Waals surface area contributed by atoms with E-state index in [1.165, 1.54) is 6.07 Å². The lowest BCUT2D eigenvalue weighted by Gasteiger charge is -2.24. The maximum Gasteiger partial charge on any atom is 0.178 e. The van der Waals surface area contributed by atoms with E-state index in [4.69, 9.17) is 4.74 Å². The first-order chi connectivity index (χ1) is 10.1. The third kappa shape index (κ3) is 3.30. The largest absolute Gasteiger partial charge is 0.481 e. The van der Waals surface area contributed by atoms with Crippen molar-refractivity contribution < 1.29 is 13.9 Å². The van der Waals surface area contributed by atoms with E-state index >= 15 is 0 Å². The van der Waals surface area contributed by atoms with Crippen LogP contribution in [0.2, 0.25) is 0 Å². The topological polar surface area (TPSA) is 26.3 Å². The Morgan fingerprint density at radius 3 is 3.00 bits per heavy atom. The predicted octanol–water partition coefficient (Wildman–Crippen LogP) is 4.25. The summed E-state index contributed by atoms with van der Waals surface area (Å²) < 4.78 is 20.2. The van der Waals surface area contributed by atoms with Crippen molar-refractivity contribution in [2.45, 2.75) is 17.4 Å². The summed E-state index contributed by atoms with van der Waals surface area (Å²) in [6.07, 6.45) is -0.484. The Balaban J connectivity index is 1.74. The van der Waals surface area contributed by atoms with Crippen LogP contribution in [0.15, 0.2) is 51.8 Å². The molecule has 2 nitrogen and oxygen atoms in total. The van der Waals surface area contributed by atoms with E-state index in [1.54, 1.807) is 23.9 Å². The predicted molar refractivity (Wildman–Crippen MR) is 84.4 cm³/mol. The van der Waals surface area contributed by atoms with Crippen LogP contribution in [0.1, 0.15) is 5.56 Å². The van der Waals surface area contributed by atoms with E-state index in [0.717, 1.165) is 15.1 Å². The van der Waals surface area contributed by atoms with Crippen molar-refractivity contribution in [3.8, 4) is 5.75 Å². The van der Waals surface area contributed by atoms with Crippen molar-refractivity contribution in [1.29, 1.82) is 0 Å². The maximum absolute atomic E-state index is 13.7. The number of para-hydroxylation sites is 1. The molecule has 0 spiro atoms.